The minimum Gasteiger partial charge on any atom is -0.502 e. The highest BCUT2D eigenvalue weighted by atomic mass is 32.1. The second-order valence-electron chi connectivity index (χ2n) is 7.38. The number of ether oxygens (including phenoxy) is 1. The molecule has 152 valence electrons. The Kier molecular flexibility index (Phi) is 5.34. The second-order valence-corrected chi connectivity index (χ2v) is 8.29. The lowest BCUT2D eigenvalue weighted by molar-refractivity contribution is 0.0634. The van der Waals surface area contributed by atoms with Crippen LogP contribution in [0.15, 0.2) is 40.5 Å². The number of rotatable bonds is 4. The van der Waals surface area contributed by atoms with E-state index in [0.717, 1.165) is 16.9 Å². The van der Waals surface area contributed by atoms with Crippen molar-refractivity contribution in [3.8, 4) is 5.75 Å². The third kappa shape index (κ3) is 4.40. The smallest absolute Gasteiger partial charge is 0.412 e. The molecule has 0 aliphatic carbocycles. The fraction of sp³-hybridized carbons (Fsp3) is 0.250. The van der Waals surface area contributed by atoms with E-state index in [1.807, 2.05) is 0 Å². The highest BCUT2D eigenvalue weighted by Gasteiger charge is 2.22. The Morgan fingerprint density at radius 2 is 1.83 bits per heavy atom. The number of nitrogens with zero attached hydrogens (tertiary/aromatic N) is 1. The average molecular weight is 416 g/mol. The van der Waals surface area contributed by atoms with Crippen LogP contribution in [0, 0.1) is 0 Å². The SMILES string of the molecule is CC(C)(C)OC(=O)Nc1ccc(Cn2c(=O)c(O)c(C(=O)O)c3sccc32)cc1. The average Bonchev–Trinajstić information content (AvgIpc) is 3.07. The fourth-order valence-electron chi connectivity index (χ4n) is 2.81. The highest BCUT2D eigenvalue weighted by molar-refractivity contribution is 7.17. The van der Waals surface area contributed by atoms with Crippen LogP contribution >= 0.6 is 11.3 Å². The standard InChI is InChI=1S/C20H20N2O6S/c1-20(2,3)28-19(27)21-12-6-4-11(5-7-12)10-22-13-8-9-29-16(13)14(18(25)26)15(23)17(22)24/h4-9,23H,10H2,1-3H3,(H,21,27)(H,25,26). The fourth-order valence-corrected chi connectivity index (χ4v) is 3.74. The van der Waals surface area contributed by atoms with E-state index in [9.17, 15) is 24.6 Å². The molecule has 29 heavy (non-hydrogen) atoms. The van der Waals surface area contributed by atoms with E-state index in [-0.39, 0.29) is 12.1 Å². The van der Waals surface area contributed by atoms with Crippen LogP contribution in [0.1, 0.15) is 36.7 Å². The van der Waals surface area contributed by atoms with E-state index in [4.69, 9.17) is 4.74 Å². The van der Waals surface area contributed by atoms with Gasteiger partial charge in [0.05, 0.1) is 16.8 Å². The van der Waals surface area contributed by atoms with E-state index in [0.29, 0.717) is 15.9 Å². The number of pyridine rings is 1. The van der Waals surface area contributed by atoms with Crippen LogP contribution in [-0.2, 0) is 11.3 Å². The topological polar surface area (TPSA) is 118 Å². The predicted molar refractivity (Wildman–Crippen MR) is 110 cm³/mol. The first-order valence-electron chi connectivity index (χ1n) is 8.72. The molecule has 1 aromatic carbocycles. The molecule has 2 heterocycles. The number of aromatic hydroxyl groups is 1. The number of fused-ring (bicyclic) bond motifs is 1. The number of anilines is 1. The third-order valence-corrected chi connectivity index (χ3v) is 4.92. The number of carboxylic acids is 1. The summed E-state index contributed by atoms with van der Waals surface area (Å²) >= 11 is 1.14. The number of nitrogens with one attached hydrogen (secondary N) is 1. The Hall–Kier alpha value is -3.33. The van der Waals surface area contributed by atoms with E-state index < -0.39 is 29.0 Å². The Morgan fingerprint density at radius 1 is 1.17 bits per heavy atom. The summed E-state index contributed by atoms with van der Waals surface area (Å²) in [6, 6.07) is 8.42. The number of hydrogen-bond donors (Lipinski definition) is 3. The molecule has 0 atom stereocenters. The first-order valence-corrected chi connectivity index (χ1v) is 9.60. The number of aromatic nitrogens is 1. The Bertz CT molecular complexity index is 1140. The van der Waals surface area contributed by atoms with Gasteiger partial charge >= 0.3 is 12.1 Å². The van der Waals surface area contributed by atoms with Gasteiger partial charge in [0.1, 0.15) is 11.2 Å². The van der Waals surface area contributed by atoms with Crippen LogP contribution in [-0.4, -0.2) is 32.4 Å². The van der Waals surface area contributed by atoms with Gasteiger partial charge in [-0.1, -0.05) is 12.1 Å². The van der Waals surface area contributed by atoms with Gasteiger partial charge in [0.2, 0.25) is 0 Å². The molecule has 3 N–H and O–H groups in total. The first-order chi connectivity index (χ1) is 13.6. The number of benzene rings is 1. The lowest BCUT2D eigenvalue weighted by atomic mass is 10.1. The molecule has 9 heteroatoms. The monoisotopic (exact) mass is 416 g/mol. The number of carbonyl (C=O) groups excluding carboxylic acids is 1. The summed E-state index contributed by atoms with van der Waals surface area (Å²) in [6.45, 7) is 5.43. The van der Waals surface area contributed by atoms with Gasteiger partial charge in [-0.2, -0.15) is 0 Å². The number of aromatic carboxylic acids is 1. The van der Waals surface area contributed by atoms with Crippen molar-refractivity contribution in [2.45, 2.75) is 32.9 Å². The van der Waals surface area contributed by atoms with Crippen LogP contribution in [0.25, 0.3) is 10.2 Å². The molecular formula is C20H20N2O6S. The van der Waals surface area contributed by atoms with Crippen molar-refractivity contribution in [1.82, 2.24) is 4.57 Å². The quantitative estimate of drug-likeness (QED) is 0.594. The van der Waals surface area contributed by atoms with Crippen molar-refractivity contribution in [2.75, 3.05) is 5.32 Å². The zero-order chi connectivity index (χ0) is 21.3. The molecule has 0 bridgehead atoms. The van der Waals surface area contributed by atoms with Gasteiger partial charge in [0, 0.05) is 5.69 Å². The summed E-state index contributed by atoms with van der Waals surface area (Å²) in [5.74, 6) is -2.13. The van der Waals surface area contributed by atoms with Gasteiger partial charge in [0.25, 0.3) is 5.56 Å². The Balaban J connectivity index is 1.87. The molecule has 0 saturated heterocycles. The van der Waals surface area contributed by atoms with Crippen LogP contribution in [0.2, 0.25) is 0 Å². The number of hydrogen-bond acceptors (Lipinski definition) is 6. The lowest BCUT2D eigenvalue weighted by Crippen LogP contribution is -2.27. The Labute approximate surface area is 170 Å². The van der Waals surface area contributed by atoms with Crippen molar-refractivity contribution in [3.05, 3.63) is 57.2 Å². The van der Waals surface area contributed by atoms with Crippen molar-refractivity contribution < 1.29 is 24.5 Å². The number of thiophene rings is 1. The summed E-state index contributed by atoms with van der Waals surface area (Å²) in [5.41, 5.74) is -0.0678. The van der Waals surface area contributed by atoms with E-state index in [1.54, 1.807) is 56.5 Å². The number of carboxylic acid groups (broad SMARTS) is 1. The van der Waals surface area contributed by atoms with E-state index in [1.165, 1.54) is 4.57 Å². The molecule has 0 radical (unpaired) electrons. The molecule has 0 fully saturated rings. The summed E-state index contributed by atoms with van der Waals surface area (Å²) in [6.07, 6.45) is -0.573. The molecule has 8 nitrogen and oxygen atoms in total. The van der Waals surface area contributed by atoms with Gasteiger partial charge in [-0.3, -0.25) is 14.7 Å². The maximum Gasteiger partial charge on any atom is 0.412 e. The van der Waals surface area contributed by atoms with Crippen LogP contribution in [0.3, 0.4) is 0 Å². The molecule has 0 unspecified atom stereocenters. The molecule has 3 rings (SSSR count). The van der Waals surface area contributed by atoms with Crippen LogP contribution in [0.4, 0.5) is 10.5 Å². The minimum absolute atomic E-state index is 0.131. The molecule has 0 aliphatic heterocycles. The first kappa shape index (κ1) is 20.4. The normalized spacial score (nSPS) is 11.4. The van der Waals surface area contributed by atoms with Crippen molar-refractivity contribution in [3.63, 3.8) is 0 Å². The van der Waals surface area contributed by atoms with Crippen molar-refractivity contribution in [1.29, 1.82) is 0 Å². The third-order valence-electron chi connectivity index (χ3n) is 4.00. The molecule has 0 spiro atoms. The van der Waals surface area contributed by atoms with Crippen molar-refractivity contribution in [2.24, 2.45) is 0 Å². The lowest BCUT2D eigenvalue weighted by Gasteiger charge is -2.19. The van der Waals surface area contributed by atoms with E-state index in [2.05, 4.69) is 5.32 Å². The molecule has 3 aromatic rings. The van der Waals surface area contributed by atoms with Gasteiger partial charge in [-0.05, 0) is 49.9 Å². The van der Waals surface area contributed by atoms with Crippen LogP contribution in [0.5, 0.6) is 5.75 Å². The summed E-state index contributed by atoms with van der Waals surface area (Å²) in [4.78, 5) is 35.8. The summed E-state index contributed by atoms with van der Waals surface area (Å²) in [5, 5.41) is 23.7. The van der Waals surface area contributed by atoms with Crippen molar-refractivity contribution >= 4 is 39.3 Å². The molecule has 0 saturated carbocycles. The molecule has 1 amide bonds. The second kappa shape index (κ2) is 7.59. The minimum atomic E-state index is -1.35. The largest absolute Gasteiger partial charge is 0.502 e. The maximum absolute atomic E-state index is 12.5. The van der Waals surface area contributed by atoms with E-state index >= 15 is 0 Å². The van der Waals surface area contributed by atoms with Crippen LogP contribution < -0.4 is 10.9 Å². The zero-order valence-electron chi connectivity index (χ0n) is 16.1. The number of amides is 1. The van der Waals surface area contributed by atoms with Gasteiger partial charge in [0.15, 0.2) is 5.75 Å². The van der Waals surface area contributed by atoms with Gasteiger partial charge in [-0.15, -0.1) is 11.3 Å². The van der Waals surface area contributed by atoms with Gasteiger partial charge in [-0.25, -0.2) is 9.59 Å². The summed E-state index contributed by atoms with van der Waals surface area (Å²) in [7, 11) is 0. The molecule has 2 aromatic heterocycles. The Morgan fingerprint density at radius 3 is 2.41 bits per heavy atom. The zero-order valence-corrected chi connectivity index (χ0v) is 16.9. The number of carbonyl (C=O) groups is 2. The summed E-state index contributed by atoms with van der Waals surface area (Å²) < 4.78 is 6.85. The maximum atomic E-state index is 12.5. The predicted octanol–water partition coefficient (Wildman–Crippen LogP) is 3.86. The molecular weight excluding hydrogens is 396 g/mol. The highest BCUT2D eigenvalue weighted by Crippen LogP contribution is 2.29. The van der Waals surface area contributed by atoms with Gasteiger partial charge < -0.3 is 14.9 Å². The molecule has 0 aliphatic rings.